The molecule has 166 valence electrons. The van der Waals surface area contributed by atoms with Gasteiger partial charge in [0.2, 0.25) is 5.91 Å². The van der Waals surface area contributed by atoms with Crippen molar-refractivity contribution in [3.05, 3.63) is 71.7 Å². The summed E-state index contributed by atoms with van der Waals surface area (Å²) in [6.45, 7) is 5.41. The number of nitrogens with one attached hydrogen (secondary N) is 2. The fraction of sp³-hybridized carbons (Fsp3) is 0.333. The van der Waals surface area contributed by atoms with E-state index in [1.807, 2.05) is 62.4 Å². The van der Waals surface area contributed by atoms with Gasteiger partial charge in [-0.2, -0.15) is 5.10 Å². The summed E-state index contributed by atoms with van der Waals surface area (Å²) in [5.41, 5.74) is 3.63. The minimum atomic E-state index is -0.216. The van der Waals surface area contributed by atoms with Crippen molar-refractivity contribution in [3.63, 3.8) is 0 Å². The van der Waals surface area contributed by atoms with Crippen molar-refractivity contribution < 1.29 is 9.59 Å². The quantitative estimate of drug-likeness (QED) is 0.646. The predicted molar refractivity (Wildman–Crippen MR) is 122 cm³/mol. The van der Waals surface area contributed by atoms with Crippen molar-refractivity contribution in [2.45, 2.75) is 33.2 Å². The first-order chi connectivity index (χ1) is 15.5. The number of aromatic nitrogens is 3. The van der Waals surface area contributed by atoms with Crippen molar-refractivity contribution in [3.8, 4) is 5.82 Å². The number of urea groups is 1. The molecule has 0 aliphatic carbocycles. The fourth-order valence-corrected chi connectivity index (χ4v) is 3.94. The van der Waals surface area contributed by atoms with Crippen LogP contribution in [0.15, 0.2) is 54.7 Å². The van der Waals surface area contributed by atoms with Crippen LogP contribution >= 0.6 is 0 Å². The van der Waals surface area contributed by atoms with E-state index in [1.165, 1.54) is 0 Å². The van der Waals surface area contributed by atoms with E-state index in [9.17, 15) is 9.59 Å². The lowest BCUT2D eigenvalue weighted by Crippen LogP contribution is -2.46. The fourth-order valence-electron chi connectivity index (χ4n) is 3.94. The molecule has 2 N–H and O–H groups in total. The summed E-state index contributed by atoms with van der Waals surface area (Å²) in [6.07, 6.45) is 3.34. The number of amides is 3. The van der Waals surface area contributed by atoms with Crippen molar-refractivity contribution >= 4 is 17.6 Å². The number of nitrogens with zero attached hydrogens (tertiary/aromatic N) is 4. The topological polar surface area (TPSA) is 92.2 Å². The van der Waals surface area contributed by atoms with E-state index in [0.29, 0.717) is 19.6 Å². The summed E-state index contributed by atoms with van der Waals surface area (Å²) in [6, 6.07) is 15.0. The normalized spacial score (nSPS) is 15.9. The van der Waals surface area contributed by atoms with Gasteiger partial charge >= 0.3 is 6.03 Å². The average Bonchev–Trinajstić information content (AvgIpc) is 3.16. The van der Waals surface area contributed by atoms with Crippen molar-refractivity contribution in [1.29, 1.82) is 0 Å². The number of anilines is 1. The van der Waals surface area contributed by atoms with E-state index < -0.39 is 0 Å². The molecule has 8 heteroatoms. The number of hydrogen-bond donors (Lipinski definition) is 2. The van der Waals surface area contributed by atoms with Crippen molar-refractivity contribution in [1.82, 2.24) is 25.0 Å². The van der Waals surface area contributed by atoms with Crippen LogP contribution in [-0.4, -0.2) is 44.7 Å². The Morgan fingerprint density at radius 2 is 1.94 bits per heavy atom. The van der Waals surface area contributed by atoms with Gasteiger partial charge < -0.3 is 15.5 Å². The molecule has 4 rings (SSSR count). The average molecular weight is 433 g/mol. The minimum Gasteiger partial charge on any atom is -0.352 e. The summed E-state index contributed by atoms with van der Waals surface area (Å²) in [7, 11) is 0. The Bertz CT molecular complexity index is 1080. The highest BCUT2D eigenvalue weighted by Gasteiger charge is 2.28. The van der Waals surface area contributed by atoms with Crippen molar-refractivity contribution in [2.75, 3.05) is 18.4 Å². The third-order valence-electron chi connectivity index (χ3n) is 5.61. The number of benzene rings is 1. The van der Waals surface area contributed by atoms with Gasteiger partial charge in [0.1, 0.15) is 0 Å². The zero-order valence-corrected chi connectivity index (χ0v) is 18.4. The second-order valence-corrected chi connectivity index (χ2v) is 8.16. The van der Waals surface area contributed by atoms with Gasteiger partial charge in [0.15, 0.2) is 5.82 Å². The standard InChI is InChI=1S/C24H28N6O2/c1-17-13-18(2)30(28-17)22-11-10-19(14-25-22)15-26-23(31)20-7-6-12-29(16-20)24(32)27-21-8-4-3-5-9-21/h3-5,8-11,13-14,20H,6-7,12,15-16H2,1-2H3,(H,26,31)(H,27,32). The van der Waals surface area contributed by atoms with Crippen LogP contribution in [0.4, 0.5) is 10.5 Å². The second-order valence-electron chi connectivity index (χ2n) is 8.16. The summed E-state index contributed by atoms with van der Waals surface area (Å²) < 4.78 is 1.80. The molecule has 1 aromatic carbocycles. The molecular formula is C24H28N6O2. The zero-order valence-electron chi connectivity index (χ0n) is 18.4. The molecular weight excluding hydrogens is 404 g/mol. The van der Waals surface area contributed by atoms with Crippen molar-refractivity contribution in [2.24, 2.45) is 5.92 Å². The third-order valence-corrected chi connectivity index (χ3v) is 5.61. The molecule has 0 bridgehead atoms. The van der Waals surface area contributed by atoms with E-state index in [4.69, 9.17) is 0 Å². The lowest BCUT2D eigenvalue weighted by molar-refractivity contribution is -0.126. The maximum Gasteiger partial charge on any atom is 0.321 e. The molecule has 1 fully saturated rings. The molecule has 8 nitrogen and oxygen atoms in total. The first-order valence-corrected chi connectivity index (χ1v) is 10.9. The molecule has 1 unspecified atom stereocenters. The Morgan fingerprint density at radius 1 is 1.12 bits per heavy atom. The van der Waals surface area contributed by atoms with Gasteiger partial charge in [-0.15, -0.1) is 0 Å². The minimum absolute atomic E-state index is 0.0372. The van der Waals surface area contributed by atoms with Gasteiger partial charge in [0, 0.05) is 37.2 Å². The van der Waals surface area contributed by atoms with Gasteiger partial charge in [0.25, 0.3) is 0 Å². The SMILES string of the molecule is Cc1cc(C)n(-c2ccc(CNC(=O)C3CCCN(C(=O)Nc4ccccc4)C3)cn2)n1. The van der Waals surface area contributed by atoms with Gasteiger partial charge in [-0.1, -0.05) is 24.3 Å². The zero-order chi connectivity index (χ0) is 22.5. The summed E-state index contributed by atoms with van der Waals surface area (Å²) >= 11 is 0. The van der Waals surface area contributed by atoms with E-state index in [2.05, 4.69) is 20.7 Å². The number of likely N-dealkylation sites (tertiary alicyclic amines) is 1. The molecule has 32 heavy (non-hydrogen) atoms. The smallest absolute Gasteiger partial charge is 0.321 e. The number of rotatable bonds is 5. The Morgan fingerprint density at radius 3 is 2.62 bits per heavy atom. The van der Waals surface area contributed by atoms with E-state index in [1.54, 1.807) is 15.8 Å². The first kappa shape index (κ1) is 21.5. The van der Waals surface area contributed by atoms with E-state index >= 15 is 0 Å². The lowest BCUT2D eigenvalue weighted by Gasteiger charge is -2.32. The van der Waals surface area contributed by atoms with Crippen LogP contribution in [0.25, 0.3) is 5.82 Å². The highest BCUT2D eigenvalue weighted by Crippen LogP contribution is 2.18. The molecule has 0 radical (unpaired) electrons. The largest absolute Gasteiger partial charge is 0.352 e. The van der Waals surface area contributed by atoms with Gasteiger partial charge in [0.05, 0.1) is 11.6 Å². The number of pyridine rings is 1. The first-order valence-electron chi connectivity index (χ1n) is 10.9. The van der Waals surface area contributed by atoms with Crippen LogP contribution in [0.3, 0.4) is 0 Å². The highest BCUT2D eigenvalue weighted by atomic mass is 16.2. The second kappa shape index (κ2) is 9.64. The maximum atomic E-state index is 12.7. The van der Waals surface area contributed by atoms with Crippen LogP contribution in [0.5, 0.6) is 0 Å². The maximum absolute atomic E-state index is 12.7. The van der Waals surface area contributed by atoms with Gasteiger partial charge in [-0.25, -0.2) is 14.5 Å². The predicted octanol–water partition coefficient (Wildman–Crippen LogP) is 3.44. The Hall–Kier alpha value is -3.68. The van der Waals surface area contributed by atoms with Crippen LogP contribution < -0.4 is 10.6 Å². The number of carbonyl (C=O) groups excluding carboxylic acids is 2. The number of carbonyl (C=O) groups is 2. The van der Waals surface area contributed by atoms with Crippen LogP contribution in [0, 0.1) is 19.8 Å². The molecule has 1 aliphatic heterocycles. The van der Waals surface area contributed by atoms with E-state index in [0.717, 1.165) is 41.3 Å². The van der Waals surface area contributed by atoms with Gasteiger partial charge in [-0.3, -0.25) is 4.79 Å². The monoisotopic (exact) mass is 432 g/mol. The lowest BCUT2D eigenvalue weighted by atomic mass is 9.97. The molecule has 0 spiro atoms. The molecule has 3 aromatic rings. The Balaban J connectivity index is 1.30. The highest BCUT2D eigenvalue weighted by molar-refractivity contribution is 5.90. The summed E-state index contributed by atoms with van der Waals surface area (Å²) in [4.78, 5) is 31.5. The van der Waals surface area contributed by atoms with Crippen LogP contribution in [0.2, 0.25) is 0 Å². The van der Waals surface area contributed by atoms with Crippen LogP contribution in [-0.2, 0) is 11.3 Å². The number of aryl methyl sites for hydroxylation is 2. The number of para-hydroxylation sites is 1. The van der Waals surface area contributed by atoms with Gasteiger partial charge in [-0.05, 0) is 56.5 Å². The summed E-state index contributed by atoms with van der Waals surface area (Å²) in [5, 5.41) is 10.3. The van der Waals surface area contributed by atoms with Crippen LogP contribution in [0.1, 0.15) is 29.8 Å². The molecule has 3 heterocycles. The summed E-state index contributed by atoms with van der Waals surface area (Å²) in [5.74, 6) is 0.495. The molecule has 1 aliphatic rings. The van der Waals surface area contributed by atoms with E-state index in [-0.39, 0.29) is 17.9 Å². The molecule has 3 amide bonds. The number of hydrogen-bond acceptors (Lipinski definition) is 4. The molecule has 1 saturated heterocycles. The Kier molecular flexibility index (Phi) is 6.49. The molecule has 0 saturated carbocycles. The molecule has 1 atom stereocenters. The molecule has 2 aromatic heterocycles. The number of piperidine rings is 1. The Labute approximate surface area is 187 Å². The third kappa shape index (κ3) is 5.14.